The molecule has 0 saturated heterocycles. The third-order valence-electron chi connectivity index (χ3n) is 2.34. The highest BCUT2D eigenvalue weighted by molar-refractivity contribution is 5.90. The van der Waals surface area contributed by atoms with Crippen LogP contribution in [0.5, 0.6) is 5.75 Å². The van der Waals surface area contributed by atoms with Crippen molar-refractivity contribution < 1.29 is 14.6 Å². The van der Waals surface area contributed by atoms with Crippen LogP contribution in [0.4, 0.5) is 10.5 Å². The van der Waals surface area contributed by atoms with Crippen LogP contribution in [0.25, 0.3) is 0 Å². The van der Waals surface area contributed by atoms with Crippen LogP contribution < -0.4 is 9.64 Å². The van der Waals surface area contributed by atoms with Crippen LogP contribution >= 0.6 is 0 Å². The van der Waals surface area contributed by atoms with E-state index in [0.29, 0.717) is 5.69 Å². The fraction of sp³-hybridized carbons (Fsp3) is 0.182. The Morgan fingerprint density at radius 2 is 2.33 bits per heavy atom. The lowest BCUT2D eigenvalue weighted by Gasteiger charge is -2.22. The van der Waals surface area contributed by atoms with E-state index in [1.807, 2.05) is 12.1 Å². The Labute approximate surface area is 87.4 Å². The molecule has 1 aromatic carbocycles. The van der Waals surface area contributed by atoms with Crippen molar-refractivity contribution in [1.29, 1.82) is 0 Å². The molecule has 0 aromatic heterocycles. The van der Waals surface area contributed by atoms with Gasteiger partial charge < -0.3 is 9.84 Å². The van der Waals surface area contributed by atoms with Crippen LogP contribution in [0.15, 0.2) is 30.5 Å². The summed E-state index contributed by atoms with van der Waals surface area (Å²) in [5, 5.41) is 8.95. The number of benzene rings is 1. The number of carboxylic acid groups (broad SMARTS) is 1. The number of allylic oxidation sites excluding steroid dienone is 1. The van der Waals surface area contributed by atoms with Crippen molar-refractivity contribution in [3.8, 4) is 5.75 Å². The van der Waals surface area contributed by atoms with E-state index in [1.165, 1.54) is 4.90 Å². The van der Waals surface area contributed by atoms with Gasteiger partial charge in [-0.05, 0) is 30.2 Å². The highest BCUT2D eigenvalue weighted by atomic mass is 16.5. The molecule has 78 valence electrons. The van der Waals surface area contributed by atoms with Gasteiger partial charge in [-0.1, -0.05) is 6.08 Å². The standard InChI is InChI=1S/C11H11NO3/c1-15-9-4-5-10-8(7-9)3-2-6-12(10)11(13)14/h2,4-7H,3H2,1H3,(H,13,14). The molecular weight excluding hydrogens is 194 g/mol. The molecule has 0 radical (unpaired) electrons. The molecule has 1 aliphatic heterocycles. The average molecular weight is 205 g/mol. The molecule has 1 amide bonds. The first-order valence-electron chi connectivity index (χ1n) is 4.58. The summed E-state index contributed by atoms with van der Waals surface area (Å²) in [5.41, 5.74) is 1.66. The Balaban J connectivity index is 2.44. The van der Waals surface area contributed by atoms with Gasteiger partial charge >= 0.3 is 6.09 Å². The molecule has 1 aromatic rings. The molecule has 1 aliphatic rings. The van der Waals surface area contributed by atoms with Crippen LogP contribution in [-0.4, -0.2) is 18.3 Å². The molecular formula is C11H11NO3. The van der Waals surface area contributed by atoms with Crippen molar-refractivity contribution in [3.05, 3.63) is 36.0 Å². The molecule has 0 bridgehead atoms. The van der Waals surface area contributed by atoms with Gasteiger partial charge in [-0.2, -0.15) is 0 Å². The van der Waals surface area contributed by atoms with E-state index in [2.05, 4.69) is 0 Å². The maximum atomic E-state index is 10.9. The second-order valence-electron chi connectivity index (χ2n) is 3.24. The largest absolute Gasteiger partial charge is 0.497 e. The zero-order valence-corrected chi connectivity index (χ0v) is 8.30. The molecule has 1 heterocycles. The highest BCUT2D eigenvalue weighted by Gasteiger charge is 2.18. The average Bonchev–Trinajstić information content (AvgIpc) is 2.27. The molecule has 0 unspecified atom stereocenters. The number of hydrogen-bond acceptors (Lipinski definition) is 2. The molecule has 4 heteroatoms. The molecule has 0 saturated carbocycles. The summed E-state index contributed by atoms with van der Waals surface area (Å²) in [6, 6.07) is 5.37. The predicted octanol–water partition coefficient (Wildman–Crippen LogP) is 2.25. The van der Waals surface area contributed by atoms with E-state index in [9.17, 15) is 4.79 Å². The van der Waals surface area contributed by atoms with Crippen LogP contribution in [0.1, 0.15) is 5.56 Å². The van der Waals surface area contributed by atoms with E-state index in [0.717, 1.165) is 17.7 Å². The van der Waals surface area contributed by atoms with E-state index in [1.54, 1.807) is 25.4 Å². The maximum absolute atomic E-state index is 10.9. The van der Waals surface area contributed by atoms with Gasteiger partial charge in [0.2, 0.25) is 0 Å². The molecule has 0 fully saturated rings. The fourth-order valence-electron chi connectivity index (χ4n) is 1.62. The monoisotopic (exact) mass is 205 g/mol. The zero-order valence-electron chi connectivity index (χ0n) is 8.30. The minimum Gasteiger partial charge on any atom is -0.497 e. The lowest BCUT2D eigenvalue weighted by Crippen LogP contribution is -2.25. The van der Waals surface area contributed by atoms with Gasteiger partial charge in [0.15, 0.2) is 0 Å². The molecule has 0 aliphatic carbocycles. The summed E-state index contributed by atoms with van der Waals surface area (Å²) >= 11 is 0. The Bertz CT molecular complexity index is 426. The predicted molar refractivity (Wildman–Crippen MR) is 56.3 cm³/mol. The normalized spacial score (nSPS) is 13.5. The van der Waals surface area contributed by atoms with Gasteiger partial charge in [-0.15, -0.1) is 0 Å². The van der Waals surface area contributed by atoms with Crippen LogP contribution in [-0.2, 0) is 6.42 Å². The maximum Gasteiger partial charge on any atom is 0.415 e. The first kappa shape index (κ1) is 9.58. The van der Waals surface area contributed by atoms with E-state index >= 15 is 0 Å². The Kier molecular flexibility index (Phi) is 2.33. The van der Waals surface area contributed by atoms with Crippen molar-refractivity contribution in [3.63, 3.8) is 0 Å². The van der Waals surface area contributed by atoms with E-state index < -0.39 is 6.09 Å². The number of fused-ring (bicyclic) bond motifs is 1. The first-order chi connectivity index (χ1) is 7.22. The summed E-state index contributed by atoms with van der Waals surface area (Å²) in [5.74, 6) is 0.745. The number of amides is 1. The number of hydrogen-bond donors (Lipinski definition) is 1. The third-order valence-corrected chi connectivity index (χ3v) is 2.34. The van der Waals surface area contributed by atoms with Crippen molar-refractivity contribution >= 4 is 11.8 Å². The first-order valence-corrected chi connectivity index (χ1v) is 4.58. The van der Waals surface area contributed by atoms with Crippen molar-refractivity contribution in [2.75, 3.05) is 12.0 Å². The SMILES string of the molecule is COc1ccc2c(c1)CC=CN2C(=O)O. The Morgan fingerprint density at radius 3 is 3.00 bits per heavy atom. The minimum absolute atomic E-state index is 0.700. The summed E-state index contributed by atoms with van der Waals surface area (Å²) in [6.45, 7) is 0. The lowest BCUT2D eigenvalue weighted by molar-refractivity contribution is 0.204. The number of ether oxygens (including phenoxy) is 1. The van der Waals surface area contributed by atoms with Gasteiger partial charge in [-0.3, -0.25) is 4.90 Å². The quantitative estimate of drug-likeness (QED) is 0.764. The summed E-state index contributed by atoms with van der Waals surface area (Å²) in [4.78, 5) is 12.1. The fourth-order valence-corrected chi connectivity index (χ4v) is 1.62. The Hall–Kier alpha value is -1.97. The second kappa shape index (κ2) is 3.65. The van der Waals surface area contributed by atoms with Gasteiger partial charge in [0.25, 0.3) is 0 Å². The second-order valence-corrected chi connectivity index (χ2v) is 3.24. The van der Waals surface area contributed by atoms with Gasteiger partial charge in [0, 0.05) is 6.20 Å². The lowest BCUT2D eigenvalue weighted by atomic mass is 10.1. The molecule has 1 N–H and O–H groups in total. The van der Waals surface area contributed by atoms with Crippen molar-refractivity contribution in [2.24, 2.45) is 0 Å². The van der Waals surface area contributed by atoms with Crippen LogP contribution in [0.3, 0.4) is 0 Å². The minimum atomic E-state index is -0.975. The van der Waals surface area contributed by atoms with E-state index in [4.69, 9.17) is 9.84 Å². The highest BCUT2D eigenvalue weighted by Crippen LogP contribution is 2.29. The summed E-state index contributed by atoms with van der Waals surface area (Å²) in [7, 11) is 1.59. The van der Waals surface area contributed by atoms with Crippen molar-refractivity contribution in [2.45, 2.75) is 6.42 Å². The number of anilines is 1. The topological polar surface area (TPSA) is 49.8 Å². The number of carbonyl (C=O) groups is 1. The smallest absolute Gasteiger partial charge is 0.415 e. The molecule has 0 spiro atoms. The molecule has 15 heavy (non-hydrogen) atoms. The molecule has 0 atom stereocenters. The number of nitrogens with zero attached hydrogens (tertiary/aromatic N) is 1. The van der Waals surface area contributed by atoms with Crippen LogP contribution in [0, 0.1) is 0 Å². The third kappa shape index (κ3) is 1.66. The van der Waals surface area contributed by atoms with Crippen molar-refractivity contribution in [1.82, 2.24) is 0 Å². The summed E-state index contributed by atoms with van der Waals surface area (Å²) in [6.07, 6.45) is 3.14. The molecule has 4 nitrogen and oxygen atoms in total. The van der Waals surface area contributed by atoms with Gasteiger partial charge in [0.05, 0.1) is 12.8 Å². The van der Waals surface area contributed by atoms with Gasteiger partial charge in [-0.25, -0.2) is 4.79 Å². The van der Waals surface area contributed by atoms with Crippen LogP contribution in [0.2, 0.25) is 0 Å². The molecule has 2 rings (SSSR count). The number of methoxy groups -OCH3 is 1. The summed E-state index contributed by atoms with van der Waals surface area (Å²) < 4.78 is 5.09. The van der Waals surface area contributed by atoms with E-state index in [-0.39, 0.29) is 0 Å². The zero-order chi connectivity index (χ0) is 10.8. The van der Waals surface area contributed by atoms with Gasteiger partial charge in [0.1, 0.15) is 5.75 Å². The Morgan fingerprint density at radius 1 is 1.53 bits per heavy atom. The number of rotatable bonds is 1.